The van der Waals surface area contributed by atoms with E-state index in [1.165, 1.54) is 0 Å². The van der Waals surface area contributed by atoms with Crippen molar-refractivity contribution in [2.75, 3.05) is 25.1 Å². The molecule has 1 aliphatic rings. The highest BCUT2D eigenvalue weighted by molar-refractivity contribution is 5.94. The standard InChI is InChI=1S/C23H30N2O3/c1-17(2)22(25-19-7-4-3-5-8-19)15-24-23(26)18-10-12-20(13-11-18)28-16-21-9-6-14-27-21/h3-5,7-8,10-13,17,21-22,25H,6,9,14-16H2,1-2H3,(H,24,26). The number of hydrogen-bond acceptors (Lipinski definition) is 4. The number of carbonyl (C=O) groups excluding carboxylic acids is 1. The maximum Gasteiger partial charge on any atom is 0.251 e. The lowest BCUT2D eigenvalue weighted by atomic mass is 10.0. The van der Waals surface area contributed by atoms with E-state index in [0.29, 0.717) is 24.6 Å². The largest absolute Gasteiger partial charge is 0.491 e. The van der Waals surface area contributed by atoms with Gasteiger partial charge in [-0.05, 0) is 55.2 Å². The summed E-state index contributed by atoms with van der Waals surface area (Å²) in [6, 6.07) is 17.5. The first-order chi connectivity index (χ1) is 13.6. The zero-order valence-electron chi connectivity index (χ0n) is 16.7. The second kappa shape index (κ2) is 10.1. The highest BCUT2D eigenvalue weighted by atomic mass is 16.5. The van der Waals surface area contributed by atoms with E-state index in [9.17, 15) is 4.79 Å². The first-order valence-corrected chi connectivity index (χ1v) is 10.1. The van der Waals surface area contributed by atoms with Gasteiger partial charge in [0.1, 0.15) is 12.4 Å². The Bertz CT molecular complexity index is 725. The summed E-state index contributed by atoms with van der Waals surface area (Å²) >= 11 is 0. The van der Waals surface area contributed by atoms with Crippen molar-refractivity contribution in [2.45, 2.75) is 38.8 Å². The van der Waals surface area contributed by atoms with Gasteiger partial charge in [-0.15, -0.1) is 0 Å². The fourth-order valence-corrected chi connectivity index (χ4v) is 3.17. The lowest BCUT2D eigenvalue weighted by Gasteiger charge is -2.24. The molecule has 2 N–H and O–H groups in total. The van der Waals surface area contributed by atoms with Crippen molar-refractivity contribution in [3.63, 3.8) is 0 Å². The summed E-state index contributed by atoms with van der Waals surface area (Å²) in [5.74, 6) is 1.07. The molecule has 0 saturated carbocycles. The Hall–Kier alpha value is -2.53. The van der Waals surface area contributed by atoms with Crippen LogP contribution >= 0.6 is 0 Å². The van der Waals surface area contributed by atoms with Crippen LogP contribution in [-0.2, 0) is 4.74 Å². The molecule has 0 spiro atoms. The molecule has 0 radical (unpaired) electrons. The minimum absolute atomic E-state index is 0.0776. The van der Waals surface area contributed by atoms with Crippen molar-refractivity contribution >= 4 is 11.6 Å². The molecule has 3 rings (SSSR count). The fraction of sp³-hybridized carbons (Fsp3) is 0.435. The van der Waals surface area contributed by atoms with Crippen LogP contribution in [0, 0.1) is 5.92 Å². The minimum atomic E-state index is -0.0776. The first kappa shape index (κ1) is 20.2. The third-order valence-electron chi connectivity index (χ3n) is 4.99. The van der Waals surface area contributed by atoms with E-state index >= 15 is 0 Å². The summed E-state index contributed by atoms with van der Waals surface area (Å²) in [4.78, 5) is 12.5. The summed E-state index contributed by atoms with van der Waals surface area (Å²) in [5, 5.41) is 6.53. The maximum absolute atomic E-state index is 12.5. The number of amides is 1. The Morgan fingerprint density at radius 2 is 1.89 bits per heavy atom. The van der Waals surface area contributed by atoms with Crippen molar-refractivity contribution < 1.29 is 14.3 Å². The predicted molar refractivity (Wildman–Crippen MR) is 112 cm³/mol. The summed E-state index contributed by atoms with van der Waals surface area (Å²) in [7, 11) is 0. The summed E-state index contributed by atoms with van der Waals surface area (Å²) in [6.45, 7) is 6.24. The fourth-order valence-electron chi connectivity index (χ4n) is 3.17. The van der Waals surface area contributed by atoms with Crippen LogP contribution in [0.2, 0.25) is 0 Å². The van der Waals surface area contributed by atoms with E-state index in [1.54, 1.807) is 12.1 Å². The third kappa shape index (κ3) is 5.99. The average molecular weight is 383 g/mol. The van der Waals surface area contributed by atoms with Crippen LogP contribution in [0.1, 0.15) is 37.0 Å². The molecule has 5 heteroatoms. The van der Waals surface area contributed by atoms with Gasteiger partial charge in [-0.25, -0.2) is 0 Å². The molecule has 2 unspecified atom stereocenters. The smallest absolute Gasteiger partial charge is 0.251 e. The molecule has 28 heavy (non-hydrogen) atoms. The maximum atomic E-state index is 12.5. The zero-order valence-corrected chi connectivity index (χ0v) is 16.7. The second-order valence-electron chi connectivity index (χ2n) is 7.54. The van der Waals surface area contributed by atoms with Crippen molar-refractivity contribution in [2.24, 2.45) is 5.92 Å². The van der Waals surface area contributed by atoms with Gasteiger partial charge in [-0.1, -0.05) is 32.0 Å². The van der Waals surface area contributed by atoms with Crippen LogP contribution in [-0.4, -0.2) is 37.8 Å². The number of nitrogens with one attached hydrogen (secondary N) is 2. The molecular formula is C23H30N2O3. The van der Waals surface area contributed by atoms with Gasteiger partial charge in [-0.3, -0.25) is 4.79 Å². The molecule has 1 amide bonds. The number of para-hydroxylation sites is 1. The highest BCUT2D eigenvalue weighted by Crippen LogP contribution is 2.17. The van der Waals surface area contributed by atoms with Crippen LogP contribution in [0.15, 0.2) is 54.6 Å². The van der Waals surface area contributed by atoms with E-state index in [4.69, 9.17) is 9.47 Å². The average Bonchev–Trinajstić information content (AvgIpc) is 3.24. The van der Waals surface area contributed by atoms with E-state index in [2.05, 4.69) is 24.5 Å². The SMILES string of the molecule is CC(C)C(CNC(=O)c1ccc(OCC2CCCO2)cc1)Nc1ccccc1. The van der Waals surface area contributed by atoms with Gasteiger partial charge in [0.2, 0.25) is 0 Å². The Morgan fingerprint density at radius 1 is 1.14 bits per heavy atom. The molecule has 0 aromatic heterocycles. The molecule has 2 aromatic rings. The molecule has 150 valence electrons. The zero-order chi connectivity index (χ0) is 19.8. The van der Waals surface area contributed by atoms with Gasteiger partial charge in [0, 0.05) is 30.4 Å². The number of anilines is 1. The molecular weight excluding hydrogens is 352 g/mol. The molecule has 2 aromatic carbocycles. The third-order valence-corrected chi connectivity index (χ3v) is 4.99. The number of benzene rings is 2. The number of hydrogen-bond donors (Lipinski definition) is 2. The first-order valence-electron chi connectivity index (χ1n) is 10.1. The lowest BCUT2D eigenvalue weighted by molar-refractivity contribution is 0.0679. The van der Waals surface area contributed by atoms with Gasteiger partial charge >= 0.3 is 0 Å². The quantitative estimate of drug-likeness (QED) is 0.685. The second-order valence-corrected chi connectivity index (χ2v) is 7.54. The molecule has 5 nitrogen and oxygen atoms in total. The molecule has 1 aliphatic heterocycles. The highest BCUT2D eigenvalue weighted by Gasteiger charge is 2.17. The molecule has 0 aliphatic carbocycles. The summed E-state index contributed by atoms with van der Waals surface area (Å²) < 4.78 is 11.3. The van der Waals surface area contributed by atoms with Gasteiger partial charge in [0.05, 0.1) is 6.10 Å². The van der Waals surface area contributed by atoms with E-state index < -0.39 is 0 Å². The molecule has 0 bridgehead atoms. The Morgan fingerprint density at radius 3 is 2.54 bits per heavy atom. The van der Waals surface area contributed by atoms with Crippen LogP contribution < -0.4 is 15.4 Å². The Balaban J connectivity index is 1.48. The summed E-state index contributed by atoms with van der Waals surface area (Å²) in [5.41, 5.74) is 1.69. The van der Waals surface area contributed by atoms with Gasteiger partial charge in [0.25, 0.3) is 5.91 Å². The van der Waals surface area contributed by atoms with Crippen molar-refractivity contribution in [3.8, 4) is 5.75 Å². The van der Waals surface area contributed by atoms with Crippen LogP contribution in [0.4, 0.5) is 5.69 Å². The normalized spacial score (nSPS) is 17.3. The Labute approximate surface area is 167 Å². The van der Waals surface area contributed by atoms with Gasteiger partial charge < -0.3 is 20.1 Å². The van der Waals surface area contributed by atoms with E-state index in [0.717, 1.165) is 30.9 Å². The number of ether oxygens (including phenoxy) is 2. The van der Waals surface area contributed by atoms with E-state index in [1.807, 2.05) is 42.5 Å². The monoisotopic (exact) mass is 382 g/mol. The van der Waals surface area contributed by atoms with Crippen LogP contribution in [0.25, 0.3) is 0 Å². The number of rotatable bonds is 9. The Kier molecular flexibility index (Phi) is 7.31. The predicted octanol–water partition coefficient (Wildman–Crippen LogP) is 4.11. The summed E-state index contributed by atoms with van der Waals surface area (Å²) in [6.07, 6.45) is 2.34. The van der Waals surface area contributed by atoms with Crippen molar-refractivity contribution in [1.29, 1.82) is 0 Å². The van der Waals surface area contributed by atoms with E-state index in [-0.39, 0.29) is 18.1 Å². The molecule has 1 saturated heterocycles. The topological polar surface area (TPSA) is 59.6 Å². The van der Waals surface area contributed by atoms with Crippen molar-refractivity contribution in [1.82, 2.24) is 5.32 Å². The molecule has 1 fully saturated rings. The van der Waals surface area contributed by atoms with Gasteiger partial charge in [-0.2, -0.15) is 0 Å². The van der Waals surface area contributed by atoms with Crippen molar-refractivity contribution in [3.05, 3.63) is 60.2 Å². The van der Waals surface area contributed by atoms with Gasteiger partial charge in [0.15, 0.2) is 0 Å². The van der Waals surface area contributed by atoms with Crippen LogP contribution in [0.5, 0.6) is 5.75 Å². The molecule has 1 heterocycles. The number of carbonyl (C=O) groups is 1. The lowest BCUT2D eigenvalue weighted by Crippen LogP contribution is -2.39. The minimum Gasteiger partial charge on any atom is -0.491 e. The van der Waals surface area contributed by atoms with Crippen LogP contribution in [0.3, 0.4) is 0 Å². The molecule has 2 atom stereocenters.